The molecule has 1 aromatic rings. The molecule has 2 nitrogen and oxygen atoms in total. The van der Waals surface area contributed by atoms with E-state index in [1.807, 2.05) is 6.07 Å². The Hall–Kier alpha value is -0.930. The summed E-state index contributed by atoms with van der Waals surface area (Å²) in [4.78, 5) is 2.40. The van der Waals surface area contributed by atoms with E-state index in [4.69, 9.17) is 0 Å². The number of rotatable bonds is 1. The number of hydrogen-bond donors (Lipinski definition) is 1. The summed E-state index contributed by atoms with van der Waals surface area (Å²) in [6.45, 7) is 4.40. The zero-order valence-electron chi connectivity index (χ0n) is 11.0. The Morgan fingerprint density at radius 2 is 2.11 bits per heavy atom. The molecule has 2 fully saturated rings. The normalized spacial score (nSPS) is 27.8. The van der Waals surface area contributed by atoms with Crippen molar-refractivity contribution >= 4 is 0 Å². The summed E-state index contributed by atoms with van der Waals surface area (Å²) in [6, 6.07) is 7.21. The first kappa shape index (κ1) is 12.1. The second-order valence-corrected chi connectivity index (χ2v) is 5.92. The molecule has 0 amide bonds. The van der Waals surface area contributed by atoms with Crippen LogP contribution in [0.3, 0.4) is 0 Å². The molecule has 0 saturated carbocycles. The molecular weight excluding hydrogens is 227 g/mol. The van der Waals surface area contributed by atoms with Gasteiger partial charge in [0.15, 0.2) is 0 Å². The van der Waals surface area contributed by atoms with Crippen LogP contribution in [0.25, 0.3) is 0 Å². The lowest BCUT2D eigenvalue weighted by atomic mass is 9.69. The van der Waals surface area contributed by atoms with Crippen LogP contribution in [-0.4, -0.2) is 38.1 Å². The van der Waals surface area contributed by atoms with E-state index in [1.165, 1.54) is 24.5 Å². The molecule has 0 bridgehead atoms. The first-order valence-corrected chi connectivity index (χ1v) is 6.84. The van der Waals surface area contributed by atoms with E-state index in [0.29, 0.717) is 11.3 Å². The minimum Gasteiger partial charge on any atom is -0.317 e. The fraction of sp³-hybridized carbons (Fsp3) is 0.600. The number of halogens is 1. The molecule has 2 aliphatic rings. The third-order valence-electron chi connectivity index (χ3n) is 4.67. The molecule has 18 heavy (non-hydrogen) atoms. The van der Waals surface area contributed by atoms with Gasteiger partial charge in [0.2, 0.25) is 0 Å². The number of likely N-dealkylation sites (N-methyl/N-ethyl adjacent to an activating group) is 1. The highest BCUT2D eigenvalue weighted by Gasteiger charge is 2.46. The molecular formula is C15H21FN2. The zero-order chi connectivity index (χ0) is 12.6. The van der Waals surface area contributed by atoms with Crippen molar-refractivity contribution in [2.45, 2.75) is 18.8 Å². The molecule has 3 rings (SSSR count). The summed E-state index contributed by atoms with van der Waals surface area (Å²) in [5.74, 6) is 0.381. The Morgan fingerprint density at radius 3 is 2.83 bits per heavy atom. The molecule has 1 atom stereocenters. The summed E-state index contributed by atoms with van der Waals surface area (Å²) in [6.07, 6.45) is 2.41. The minimum atomic E-state index is -0.105. The van der Waals surface area contributed by atoms with E-state index >= 15 is 0 Å². The highest BCUT2D eigenvalue weighted by Crippen LogP contribution is 2.48. The number of nitrogens with zero attached hydrogens (tertiary/aromatic N) is 1. The van der Waals surface area contributed by atoms with E-state index < -0.39 is 0 Å². The van der Waals surface area contributed by atoms with Gasteiger partial charge >= 0.3 is 0 Å². The van der Waals surface area contributed by atoms with Crippen molar-refractivity contribution in [3.05, 3.63) is 35.6 Å². The smallest absolute Gasteiger partial charge is 0.123 e. The largest absolute Gasteiger partial charge is 0.317 e. The molecule has 1 unspecified atom stereocenters. The number of hydrogen-bond acceptors (Lipinski definition) is 2. The van der Waals surface area contributed by atoms with Crippen molar-refractivity contribution in [1.29, 1.82) is 0 Å². The van der Waals surface area contributed by atoms with Gasteiger partial charge in [-0.3, -0.25) is 0 Å². The summed E-state index contributed by atoms with van der Waals surface area (Å²) in [5, 5.41) is 3.44. The van der Waals surface area contributed by atoms with E-state index in [9.17, 15) is 4.39 Å². The third kappa shape index (κ3) is 2.06. The molecule has 1 spiro atoms. The summed E-state index contributed by atoms with van der Waals surface area (Å²) in [7, 11) is 2.18. The summed E-state index contributed by atoms with van der Waals surface area (Å²) < 4.78 is 13.4. The van der Waals surface area contributed by atoms with Gasteiger partial charge in [-0.1, -0.05) is 12.1 Å². The van der Waals surface area contributed by atoms with E-state index in [-0.39, 0.29) is 5.82 Å². The van der Waals surface area contributed by atoms with Crippen molar-refractivity contribution in [2.75, 3.05) is 33.2 Å². The van der Waals surface area contributed by atoms with Crippen LogP contribution in [0.15, 0.2) is 24.3 Å². The first-order chi connectivity index (χ1) is 8.70. The van der Waals surface area contributed by atoms with Crippen molar-refractivity contribution in [2.24, 2.45) is 5.41 Å². The van der Waals surface area contributed by atoms with Gasteiger partial charge in [-0.05, 0) is 56.1 Å². The van der Waals surface area contributed by atoms with Crippen molar-refractivity contribution in [3.63, 3.8) is 0 Å². The maximum Gasteiger partial charge on any atom is 0.123 e. The van der Waals surface area contributed by atoms with E-state index in [0.717, 1.165) is 26.2 Å². The maximum absolute atomic E-state index is 13.4. The molecule has 0 radical (unpaired) electrons. The highest BCUT2D eigenvalue weighted by atomic mass is 19.1. The molecule has 2 heterocycles. The maximum atomic E-state index is 13.4. The summed E-state index contributed by atoms with van der Waals surface area (Å²) >= 11 is 0. The lowest BCUT2D eigenvalue weighted by Crippen LogP contribution is -2.41. The molecule has 3 heteroatoms. The van der Waals surface area contributed by atoms with Crippen LogP contribution in [0.4, 0.5) is 4.39 Å². The van der Waals surface area contributed by atoms with Crippen LogP contribution in [0.1, 0.15) is 24.3 Å². The van der Waals surface area contributed by atoms with Gasteiger partial charge in [-0.25, -0.2) is 4.39 Å². The molecule has 1 aromatic carbocycles. The van der Waals surface area contributed by atoms with Gasteiger partial charge in [0, 0.05) is 19.0 Å². The van der Waals surface area contributed by atoms with Crippen LogP contribution < -0.4 is 5.32 Å². The molecule has 2 saturated heterocycles. The highest BCUT2D eigenvalue weighted by molar-refractivity contribution is 5.26. The molecule has 98 valence electrons. The zero-order valence-corrected chi connectivity index (χ0v) is 11.0. The van der Waals surface area contributed by atoms with E-state index in [2.05, 4.69) is 23.3 Å². The van der Waals surface area contributed by atoms with Crippen LogP contribution >= 0.6 is 0 Å². The van der Waals surface area contributed by atoms with Crippen LogP contribution in [-0.2, 0) is 0 Å². The second-order valence-electron chi connectivity index (χ2n) is 5.92. The number of nitrogens with one attached hydrogen (secondary N) is 1. The Labute approximate surface area is 108 Å². The third-order valence-corrected chi connectivity index (χ3v) is 4.67. The SMILES string of the molecule is CN1CC(c2cccc(F)c2)C2(CCNCC2)C1. The monoisotopic (exact) mass is 248 g/mol. The number of likely N-dealkylation sites (tertiary alicyclic amines) is 1. The molecule has 1 N–H and O–H groups in total. The first-order valence-electron chi connectivity index (χ1n) is 6.84. The second kappa shape index (κ2) is 4.63. The van der Waals surface area contributed by atoms with Gasteiger partial charge in [-0.2, -0.15) is 0 Å². The number of piperidine rings is 1. The quantitative estimate of drug-likeness (QED) is 0.820. The van der Waals surface area contributed by atoms with Crippen molar-refractivity contribution in [1.82, 2.24) is 10.2 Å². The van der Waals surface area contributed by atoms with Crippen molar-refractivity contribution in [3.8, 4) is 0 Å². The average molecular weight is 248 g/mol. The fourth-order valence-corrected chi connectivity index (χ4v) is 3.83. The average Bonchev–Trinajstić information content (AvgIpc) is 2.67. The molecule has 0 aliphatic carbocycles. The lowest BCUT2D eigenvalue weighted by molar-refractivity contribution is 0.187. The Kier molecular flexibility index (Phi) is 3.12. The Bertz CT molecular complexity index is 426. The topological polar surface area (TPSA) is 15.3 Å². The van der Waals surface area contributed by atoms with E-state index in [1.54, 1.807) is 6.07 Å². The van der Waals surface area contributed by atoms with Crippen molar-refractivity contribution < 1.29 is 4.39 Å². The van der Waals surface area contributed by atoms with Crippen LogP contribution in [0, 0.1) is 11.2 Å². The van der Waals surface area contributed by atoms with Gasteiger partial charge in [-0.15, -0.1) is 0 Å². The Balaban J connectivity index is 1.93. The van der Waals surface area contributed by atoms with Gasteiger partial charge < -0.3 is 10.2 Å². The van der Waals surface area contributed by atoms with Gasteiger partial charge in [0.1, 0.15) is 5.82 Å². The predicted octanol–water partition coefficient (Wildman–Crippen LogP) is 2.22. The fourth-order valence-electron chi connectivity index (χ4n) is 3.83. The lowest BCUT2D eigenvalue weighted by Gasteiger charge is -2.39. The standard InChI is InChI=1S/C15H21FN2/c1-18-10-14(12-3-2-4-13(16)9-12)15(11-18)5-7-17-8-6-15/h2-4,9,14,17H,5-8,10-11H2,1H3. The summed E-state index contributed by atoms with van der Waals surface area (Å²) in [5.41, 5.74) is 1.54. The number of benzene rings is 1. The van der Waals surface area contributed by atoms with Crippen LogP contribution in [0.5, 0.6) is 0 Å². The van der Waals surface area contributed by atoms with Crippen LogP contribution in [0.2, 0.25) is 0 Å². The molecule has 2 aliphatic heterocycles. The predicted molar refractivity (Wildman–Crippen MR) is 71.2 cm³/mol. The van der Waals surface area contributed by atoms with Gasteiger partial charge in [0.25, 0.3) is 0 Å². The Morgan fingerprint density at radius 1 is 1.33 bits per heavy atom. The minimum absolute atomic E-state index is 0.105. The van der Waals surface area contributed by atoms with Gasteiger partial charge in [0.05, 0.1) is 0 Å². The molecule has 0 aromatic heterocycles.